The molecular weight excluding hydrogens is 540 g/mol. The predicted octanol–water partition coefficient (Wildman–Crippen LogP) is 1.82. The molecule has 2 aromatic carbocycles. The molecule has 0 spiro atoms. The van der Waals surface area contributed by atoms with Crippen LogP contribution >= 0.6 is 0 Å². The lowest BCUT2D eigenvalue weighted by Crippen LogP contribution is -2.53. The Labute approximate surface area is 240 Å². The molecule has 12 heteroatoms. The molecule has 2 fully saturated rings. The number of amides is 1. The van der Waals surface area contributed by atoms with Gasteiger partial charge in [-0.25, -0.2) is 13.9 Å². The van der Waals surface area contributed by atoms with Crippen molar-refractivity contribution in [2.45, 2.75) is 49.1 Å². The van der Waals surface area contributed by atoms with Crippen molar-refractivity contribution in [1.29, 1.82) is 0 Å². The summed E-state index contributed by atoms with van der Waals surface area (Å²) in [6.45, 7) is 8.68. The third-order valence-corrected chi connectivity index (χ3v) is 9.82. The Balaban J connectivity index is 1.22. The normalized spacial score (nSPS) is 19.2. The summed E-state index contributed by atoms with van der Waals surface area (Å²) in [4.78, 5) is 37.3. The van der Waals surface area contributed by atoms with Gasteiger partial charge in [-0.2, -0.15) is 4.98 Å². The largest absolute Gasteiger partial charge is 0.369 e. The van der Waals surface area contributed by atoms with Gasteiger partial charge in [0.15, 0.2) is 10.7 Å². The molecule has 2 unspecified atom stereocenters. The Kier molecular flexibility index (Phi) is 7.62. The number of aryl methyl sites for hydroxylation is 2. The average molecular weight is 577 g/mol. The van der Waals surface area contributed by atoms with E-state index in [0.717, 1.165) is 68.8 Å². The minimum absolute atomic E-state index is 0.159. The van der Waals surface area contributed by atoms with E-state index in [2.05, 4.69) is 25.1 Å². The smallest absolute Gasteiger partial charge is 0.281 e. The molecule has 11 nitrogen and oxygen atoms in total. The molecule has 2 aliphatic heterocycles. The van der Waals surface area contributed by atoms with Crippen LogP contribution in [0.2, 0.25) is 0 Å². The number of carbonyl (C=O) groups is 1. The van der Waals surface area contributed by atoms with Crippen LogP contribution < -0.4 is 16.2 Å². The van der Waals surface area contributed by atoms with Crippen LogP contribution in [0.15, 0.2) is 51.1 Å². The van der Waals surface area contributed by atoms with Crippen molar-refractivity contribution in [3.8, 4) is 0 Å². The zero-order chi connectivity index (χ0) is 28.7. The summed E-state index contributed by atoms with van der Waals surface area (Å²) in [5.74, 6) is 0.168. The number of nitrogens with two attached hydrogens (primary N) is 1. The molecule has 216 valence electrons. The summed E-state index contributed by atoms with van der Waals surface area (Å²) in [7, 11) is -1.60. The number of fused-ring (bicyclic) bond motifs is 3. The highest BCUT2D eigenvalue weighted by molar-refractivity contribution is 7.85. The maximum atomic E-state index is 13.5. The van der Waals surface area contributed by atoms with Gasteiger partial charge in [0.25, 0.3) is 5.56 Å². The summed E-state index contributed by atoms with van der Waals surface area (Å²) < 4.78 is 15.1. The number of rotatable bonds is 6. The van der Waals surface area contributed by atoms with Gasteiger partial charge in [-0.05, 0) is 62.9 Å². The van der Waals surface area contributed by atoms with Crippen molar-refractivity contribution in [3.05, 3.63) is 57.9 Å². The second-order valence-corrected chi connectivity index (χ2v) is 12.4. The highest BCUT2D eigenvalue weighted by atomic mass is 32.2. The van der Waals surface area contributed by atoms with Crippen LogP contribution in [0.1, 0.15) is 30.4 Å². The standard InChI is InChI=1S/C29H36N8O3S/c1-19-6-9-25(20(2)15-19)41(40)29-27-31-28(39)23-8-7-21(16-24(23)37(27)33-32-29)35-13-11-34(12-14-35)18-26(38)36-10-4-3-5-22(36)17-30/h6-9,15-16,22,33H,3-5,10-14,17-18,30H2,1-2H3. The molecule has 2 aromatic heterocycles. The number of likely N-dealkylation sites (tertiary alicyclic amines) is 1. The zero-order valence-electron chi connectivity index (χ0n) is 23.5. The number of H-pyrrole nitrogens is 1. The second-order valence-electron chi connectivity index (χ2n) is 11.1. The fourth-order valence-corrected chi connectivity index (χ4v) is 7.23. The van der Waals surface area contributed by atoms with Gasteiger partial charge in [-0.1, -0.05) is 17.7 Å². The molecule has 0 bridgehead atoms. The molecule has 0 radical (unpaired) electrons. The molecule has 4 aromatic rings. The van der Waals surface area contributed by atoms with E-state index in [4.69, 9.17) is 5.73 Å². The fraction of sp³-hybridized carbons (Fsp3) is 0.448. The number of piperazine rings is 1. The number of aromatic amines is 1. The zero-order valence-corrected chi connectivity index (χ0v) is 24.3. The summed E-state index contributed by atoms with van der Waals surface area (Å²) in [6, 6.07) is 11.6. The topological polar surface area (TPSA) is 133 Å². The predicted molar refractivity (Wildman–Crippen MR) is 159 cm³/mol. The first kappa shape index (κ1) is 27.6. The molecule has 0 saturated carbocycles. The Bertz CT molecular complexity index is 1690. The van der Waals surface area contributed by atoms with Gasteiger partial charge in [-0.15, -0.1) is 5.10 Å². The minimum Gasteiger partial charge on any atom is -0.369 e. The number of anilines is 1. The Morgan fingerprint density at radius 1 is 1.07 bits per heavy atom. The first-order valence-electron chi connectivity index (χ1n) is 14.2. The molecule has 4 heterocycles. The van der Waals surface area contributed by atoms with Crippen molar-refractivity contribution in [2.24, 2.45) is 5.73 Å². The maximum absolute atomic E-state index is 13.5. The molecule has 2 aliphatic rings. The molecule has 1 amide bonds. The summed E-state index contributed by atoms with van der Waals surface area (Å²) in [5.41, 5.74) is 9.37. The average Bonchev–Trinajstić information content (AvgIpc) is 3.41. The van der Waals surface area contributed by atoms with Crippen molar-refractivity contribution in [1.82, 2.24) is 29.6 Å². The van der Waals surface area contributed by atoms with Gasteiger partial charge in [0.2, 0.25) is 5.91 Å². The van der Waals surface area contributed by atoms with E-state index in [0.29, 0.717) is 28.9 Å². The van der Waals surface area contributed by atoms with E-state index in [9.17, 15) is 13.8 Å². The minimum atomic E-state index is -1.60. The van der Waals surface area contributed by atoms with E-state index in [1.165, 1.54) is 0 Å². The first-order chi connectivity index (χ1) is 19.8. The number of carbonyl (C=O) groups excluding carboxylic acids is 1. The molecule has 2 atom stereocenters. The number of benzene rings is 2. The monoisotopic (exact) mass is 576 g/mol. The Hall–Kier alpha value is -3.61. The molecule has 41 heavy (non-hydrogen) atoms. The molecule has 3 N–H and O–H groups in total. The van der Waals surface area contributed by atoms with Crippen molar-refractivity contribution in [2.75, 3.05) is 50.7 Å². The van der Waals surface area contributed by atoms with E-state index < -0.39 is 10.8 Å². The van der Waals surface area contributed by atoms with Gasteiger partial charge >= 0.3 is 0 Å². The third-order valence-electron chi connectivity index (χ3n) is 8.34. The molecular formula is C29H36N8O3S. The number of nitrogens with one attached hydrogen (secondary N) is 1. The van der Waals surface area contributed by atoms with Gasteiger partial charge in [0.1, 0.15) is 10.8 Å². The van der Waals surface area contributed by atoms with Gasteiger partial charge in [0.05, 0.1) is 17.4 Å². The SMILES string of the molecule is Cc1ccc(S(=O)c2n[nH]n3c2nc(=O)c2ccc(N4CCN(CC(=O)N5CCCCC5CN)CC4)cc23)c(C)c1. The lowest BCUT2D eigenvalue weighted by Gasteiger charge is -2.39. The number of aromatic nitrogens is 4. The van der Waals surface area contributed by atoms with Gasteiger partial charge in [0, 0.05) is 55.9 Å². The van der Waals surface area contributed by atoms with E-state index in [1.807, 2.05) is 49.1 Å². The van der Waals surface area contributed by atoms with Crippen LogP contribution in [0.4, 0.5) is 5.69 Å². The van der Waals surface area contributed by atoms with Gasteiger partial charge in [-0.3, -0.25) is 14.5 Å². The van der Waals surface area contributed by atoms with Crippen LogP contribution in [-0.4, -0.2) is 91.6 Å². The highest BCUT2D eigenvalue weighted by Gasteiger charge is 2.28. The summed E-state index contributed by atoms with van der Waals surface area (Å²) in [5, 5.41) is 7.95. The number of hydrogen-bond donors (Lipinski definition) is 2. The molecule has 2 saturated heterocycles. The number of hydrogen-bond acceptors (Lipinski definition) is 8. The quantitative estimate of drug-likeness (QED) is 0.355. The van der Waals surface area contributed by atoms with E-state index in [-0.39, 0.29) is 28.2 Å². The van der Waals surface area contributed by atoms with Crippen LogP contribution in [0.5, 0.6) is 0 Å². The second kappa shape index (κ2) is 11.3. The van der Waals surface area contributed by atoms with Crippen molar-refractivity contribution < 1.29 is 9.00 Å². The fourth-order valence-electron chi connectivity index (χ4n) is 6.05. The number of nitrogens with zero attached hydrogens (tertiary/aromatic N) is 6. The van der Waals surface area contributed by atoms with E-state index >= 15 is 0 Å². The Morgan fingerprint density at radius 3 is 2.63 bits per heavy atom. The highest BCUT2D eigenvalue weighted by Crippen LogP contribution is 2.26. The molecule has 6 rings (SSSR count). The molecule has 0 aliphatic carbocycles. The number of piperidine rings is 1. The van der Waals surface area contributed by atoms with E-state index in [1.54, 1.807) is 10.6 Å². The lowest BCUT2D eigenvalue weighted by atomic mass is 10.0. The van der Waals surface area contributed by atoms with Crippen molar-refractivity contribution >= 4 is 38.9 Å². The first-order valence-corrected chi connectivity index (χ1v) is 15.4. The van der Waals surface area contributed by atoms with Crippen molar-refractivity contribution in [3.63, 3.8) is 0 Å². The van der Waals surface area contributed by atoms with Gasteiger partial charge < -0.3 is 15.5 Å². The summed E-state index contributed by atoms with van der Waals surface area (Å²) in [6.07, 6.45) is 3.17. The van der Waals surface area contributed by atoms with Crippen LogP contribution in [0.25, 0.3) is 16.6 Å². The van der Waals surface area contributed by atoms with Crippen LogP contribution in [-0.2, 0) is 15.6 Å². The van der Waals surface area contributed by atoms with Crippen LogP contribution in [0.3, 0.4) is 0 Å². The summed E-state index contributed by atoms with van der Waals surface area (Å²) >= 11 is 0. The lowest BCUT2D eigenvalue weighted by molar-refractivity contribution is -0.136. The third kappa shape index (κ3) is 5.27. The maximum Gasteiger partial charge on any atom is 0.281 e. The van der Waals surface area contributed by atoms with Crippen LogP contribution in [0, 0.1) is 13.8 Å². The Morgan fingerprint density at radius 2 is 1.88 bits per heavy atom.